The second kappa shape index (κ2) is 7.93. The van der Waals surface area contributed by atoms with Gasteiger partial charge in [0.1, 0.15) is 6.04 Å². The van der Waals surface area contributed by atoms with Gasteiger partial charge < -0.3 is 10.2 Å². The molecule has 1 aliphatic heterocycles. The van der Waals surface area contributed by atoms with Gasteiger partial charge in [0.2, 0.25) is 15.9 Å². The smallest absolute Gasteiger partial charge is 0.243 e. The lowest BCUT2D eigenvalue weighted by atomic mass is 10.1. The normalized spacial score (nSPS) is 18.0. The number of aryl methyl sites for hydroxylation is 1. The lowest BCUT2D eigenvalue weighted by Gasteiger charge is -2.33. The molecule has 6 nitrogen and oxygen atoms in total. The van der Waals surface area contributed by atoms with Gasteiger partial charge in [0.15, 0.2) is 0 Å². The largest absolute Gasteiger partial charge is 0.351 e. The van der Waals surface area contributed by atoms with E-state index in [1.807, 2.05) is 14.0 Å². The molecule has 0 radical (unpaired) electrons. The number of nitrogens with zero attached hydrogens (tertiary/aromatic N) is 2. The molecule has 0 bridgehead atoms. The monoisotopic (exact) mass is 387 g/mol. The van der Waals surface area contributed by atoms with Crippen LogP contribution in [0.4, 0.5) is 5.69 Å². The summed E-state index contributed by atoms with van der Waals surface area (Å²) in [7, 11) is -1.59. The predicted octanol–water partition coefficient (Wildman–Crippen LogP) is 2.01. The summed E-state index contributed by atoms with van der Waals surface area (Å²) in [5.74, 6) is -0.295. The van der Waals surface area contributed by atoms with Crippen LogP contribution in [0.3, 0.4) is 0 Å². The summed E-state index contributed by atoms with van der Waals surface area (Å²) < 4.78 is 25.7. The number of benzene rings is 1. The molecule has 1 aliphatic rings. The second-order valence-corrected chi connectivity index (χ2v) is 9.02. The Morgan fingerprint density at radius 2 is 1.96 bits per heavy atom. The van der Waals surface area contributed by atoms with Crippen molar-refractivity contribution in [2.24, 2.45) is 0 Å². The van der Waals surface area contributed by atoms with Crippen LogP contribution in [-0.4, -0.2) is 57.7 Å². The molecule has 1 atom stereocenters. The highest BCUT2D eigenvalue weighted by atomic mass is 35.5. The molecule has 8 heteroatoms. The molecule has 140 valence electrons. The third-order valence-electron chi connectivity index (χ3n) is 4.56. The Morgan fingerprint density at radius 3 is 2.48 bits per heavy atom. The zero-order chi connectivity index (χ0) is 18.8. The first-order chi connectivity index (χ1) is 11.6. The first kappa shape index (κ1) is 20.0. The first-order valence-corrected chi connectivity index (χ1v) is 10.6. The Kier molecular flexibility index (Phi) is 6.35. The maximum atomic E-state index is 12.6. The van der Waals surface area contributed by atoms with Crippen molar-refractivity contribution in [1.29, 1.82) is 0 Å². The van der Waals surface area contributed by atoms with Crippen molar-refractivity contribution >= 4 is 33.2 Å². The Morgan fingerprint density at radius 1 is 1.36 bits per heavy atom. The van der Waals surface area contributed by atoms with Gasteiger partial charge in [-0.25, -0.2) is 8.42 Å². The SMILES string of the molecule is Cc1ccc(N([C@@H](C)C(=O)NC2CCN(C)CC2)S(C)(=O)=O)cc1Cl. The zero-order valence-corrected chi connectivity index (χ0v) is 16.7. The summed E-state index contributed by atoms with van der Waals surface area (Å²) in [4.78, 5) is 14.9. The van der Waals surface area contributed by atoms with Crippen molar-refractivity contribution in [3.05, 3.63) is 28.8 Å². The number of hydrogen-bond donors (Lipinski definition) is 1. The molecule has 2 rings (SSSR count). The van der Waals surface area contributed by atoms with E-state index >= 15 is 0 Å². The number of carbonyl (C=O) groups is 1. The molecule has 1 heterocycles. The summed E-state index contributed by atoms with van der Waals surface area (Å²) in [5, 5.41) is 3.45. The maximum absolute atomic E-state index is 12.6. The van der Waals surface area contributed by atoms with Crippen LogP contribution in [0.25, 0.3) is 0 Å². The number of piperidine rings is 1. The molecule has 0 aliphatic carbocycles. The summed E-state index contributed by atoms with van der Waals surface area (Å²) in [6.45, 7) is 5.28. The van der Waals surface area contributed by atoms with Crippen LogP contribution >= 0.6 is 11.6 Å². The van der Waals surface area contributed by atoms with Crippen molar-refractivity contribution in [2.45, 2.75) is 38.8 Å². The van der Waals surface area contributed by atoms with Gasteiger partial charge in [0.25, 0.3) is 0 Å². The minimum Gasteiger partial charge on any atom is -0.351 e. The summed E-state index contributed by atoms with van der Waals surface area (Å²) >= 11 is 6.13. The summed E-state index contributed by atoms with van der Waals surface area (Å²) in [6.07, 6.45) is 2.83. The predicted molar refractivity (Wildman–Crippen MR) is 102 cm³/mol. The van der Waals surface area contributed by atoms with Gasteiger partial charge in [-0.15, -0.1) is 0 Å². The number of hydrogen-bond acceptors (Lipinski definition) is 4. The summed E-state index contributed by atoms with van der Waals surface area (Å²) in [6, 6.07) is 4.22. The van der Waals surface area contributed by atoms with Crippen LogP contribution < -0.4 is 9.62 Å². The van der Waals surface area contributed by atoms with Crippen LogP contribution in [0.15, 0.2) is 18.2 Å². The molecule has 0 aromatic heterocycles. The first-order valence-electron chi connectivity index (χ1n) is 8.34. The third-order valence-corrected chi connectivity index (χ3v) is 6.21. The van der Waals surface area contributed by atoms with Gasteiger partial charge in [-0.2, -0.15) is 0 Å². The van der Waals surface area contributed by atoms with Gasteiger partial charge in [-0.3, -0.25) is 9.10 Å². The zero-order valence-electron chi connectivity index (χ0n) is 15.1. The van der Waals surface area contributed by atoms with Crippen LogP contribution in [0, 0.1) is 6.92 Å². The fourth-order valence-electron chi connectivity index (χ4n) is 3.00. The summed E-state index contributed by atoms with van der Waals surface area (Å²) in [5.41, 5.74) is 1.24. The molecule has 1 N–H and O–H groups in total. The van der Waals surface area contributed by atoms with Gasteiger partial charge in [0, 0.05) is 11.1 Å². The van der Waals surface area contributed by atoms with E-state index in [1.165, 1.54) is 0 Å². The average molecular weight is 388 g/mol. The molecule has 0 unspecified atom stereocenters. The molecule has 1 aromatic rings. The molecule has 0 spiro atoms. The maximum Gasteiger partial charge on any atom is 0.243 e. The van der Waals surface area contributed by atoms with E-state index in [4.69, 9.17) is 11.6 Å². The number of sulfonamides is 1. The number of rotatable bonds is 5. The van der Waals surface area contributed by atoms with Crippen molar-refractivity contribution in [2.75, 3.05) is 30.7 Å². The van der Waals surface area contributed by atoms with E-state index < -0.39 is 16.1 Å². The lowest BCUT2D eigenvalue weighted by molar-refractivity contribution is -0.122. The molecular weight excluding hydrogens is 362 g/mol. The fraction of sp³-hybridized carbons (Fsp3) is 0.588. The number of likely N-dealkylation sites (tertiary alicyclic amines) is 1. The molecular formula is C17H26ClN3O3S. The molecule has 25 heavy (non-hydrogen) atoms. The minimum atomic E-state index is -3.64. The quantitative estimate of drug-likeness (QED) is 0.839. The van der Waals surface area contributed by atoms with Crippen molar-refractivity contribution in [3.8, 4) is 0 Å². The van der Waals surface area contributed by atoms with Crippen molar-refractivity contribution in [3.63, 3.8) is 0 Å². The van der Waals surface area contributed by atoms with Crippen LogP contribution in [0.5, 0.6) is 0 Å². The highest BCUT2D eigenvalue weighted by Gasteiger charge is 2.31. The molecule has 1 aromatic carbocycles. The fourth-order valence-corrected chi connectivity index (χ4v) is 4.34. The number of anilines is 1. The van der Waals surface area contributed by atoms with Crippen LogP contribution in [-0.2, 0) is 14.8 Å². The molecule has 1 saturated heterocycles. The third kappa shape index (κ3) is 5.09. The Hall–Kier alpha value is -1.31. The minimum absolute atomic E-state index is 0.0779. The Labute approximate surface area is 155 Å². The van der Waals surface area contributed by atoms with E-state index in [0.29, 0.717) is 10.7 Å². The highest BCUT2D eigenvalue weighted by molar-refractivity contribution is 7.92. The van der Waals surface area contributed by atoms with Gasteiger partial charge in [-0.05, 0) is 64.5 Å². The van der Waals surface area contributed by atoms with Crippen LogP contribution in [0.1, 0.15) is 25.3 Å². The topological polar surface area (TPSA) is 69.7 Å². The van der Waals surface area contributed by atoms with E-state index in [9.17, 15) is 13.2 Å². The van der Waals surface area contributed by atoms with Crippen LogP contribution in [0.2, 0.25) is 5.02 Å². The standard InChI is InChI=1S/C17H26ClN3O3S/c1-12-5-6-15(11-16(12)18)21(25(4,23)24)13(2)17(22)19-14-7-9-20(3)10-8-14/h5-6,11,13-14H,7-10H2,1-4H3,(H,19,22)/t13-/m0/s1. The number of nitrogens with one attached hydrogen (secondary N) is 1. The Balaban J connectivity index is 2.19. The lowest BCUT2D eigenvalue weighted by Crippen LogP contribution is -2.52. The number of halogens is 1. The van der Waals surface area contributed by atoms with Crippen molar-refractivity contribution in [1.82, 2.24) is 10.2 Å². The van der Waals surface area contributed by atoms with Gasteiger partial charge in [-0.1, -0.05) is 17.7 Å². The van der Waals surface area contributed by atoms with Crippen molar-refractivity contribution < 1.29 is 13.2 Å². The highest BCUT2D eigenvalue weighted by Crippen LogP contribution is 2.26. The average Bonchev–Trinajstić information content (AvgIpc) is 2.51. The molecule has 0 saturated carbocycles. The number of amides is 1. The van der Waals surface area contributed by atoms with E-state index in [1.54, 1.807) is 25.1 Å². The molecule has 1 amide bonds. The van der Waals surface area contributed by atoms with E-state index in [2.05, 4.69) is 10.2 Å². The second-order valence-electron chi connectivity index (χ2n) is 6.75. The van der Waals surface area contributed by atoms with Gasteiger partial charge >= 0.3 is 0 Å². The number of carbonyl (C=O) groups excluding carboxylic acids is 1. The Bertz CT molecular complexity index is 731. The van der Waals surface area contributed by atoms with E-state index in [0.717, 1.165) is 42.1 Å². The molecule has 1 fully saturated rings. The van der Waals surface area contributed by atoms with Gasteiger partial charge in [0.05, 0.1) is 11.9 Å². The van der Waals surface area contributed by atoms with E-state index in [-0.39, 0.29) is 11.9 Å².